The third kappa shape index (κ3) is 5.07. The Labute approximate surface area is 167 Å². The van der Waals surface area contributed by atoms with Gasteiger partial charge >= 0.3 is 0 Å². The number of carbonyl (C=O) groups excluding carboxylic acids is 1. The first-order valence-electron chi connectivity index (χ1n) is 9.55. The van der Waals surface area contributed by atoms with Gasteiger partial charge in [-0.05, 0) is 45.7 Å². The Kier molecular flexibility index (Phi) is 6.68. The van der Waals surface area contributed by atoms with Gasteiger partial charge in [0.1, 0.15) is 4.75 Å². The smallest absolute Gasteiger partial charge is 0.260 e. The molecule has 1 aliphatic rings. The SMILES string of the molecule is CC(C)(C)[S+]([O-])N[C@](C#Cc1ccccc1)(C(=O)N1CCCC1)C(C)(C)C. The third-order valence-electron chi connectivity index (χ3n) is 4.81. The van der Waals surface area contributed by atoms with E-state index in [2.05, 4.69) is 16.6 Å². The van der Waals surface area contributed by atoms with E-state index < -0.39 is 27.1 Å². The van der Waals surface area contributed by atoms with Crippen molar-refractivity contribution < 1.29 is 9.35 Å². The highest BCUT2D eigenvalue weighted by atomic mass is 32.2. The normalized spacial score (nSPS) is 18.4. The molecule has 2 rings (SSSR count). The molecule has 1 amide bonds. The van der Waals surface area contributed by atoms with E-state index in [1.54, 1.807) is 0 Å². The molecule has 1 aromatic rings. The zero-order valence-corrected chi connectivity index (χ0v) is 18.2. The molecule has 27 heavy (non-hydrogen) atoms. The summed E-state index contributed by atoms with van der Waals surface area (Å²) in [5, 5.41) is 0. The summed E-state index contributed by atoms with van der Waals surface area (Å²) in [6.07, 6.45) is 2.00. The fraction of sp³-hybridized carbons (Fsp3) is 0.591. The molecule has 1 fully saturated rings. The van der Waals surface area contributed by atoms with Crippen LogP contribution in [0.1, 0.15) is 59.9 Å². The zero-order valence-electron chi connectivity index (χ0n) is 17.4. The van der Waals surface area contributed by atoms with E-state index in [0.717, 1.165) is 31.5 Å². The maximum absolute atomic E-state index is 13.6. The lowest BCUT2D eigenvalue weighted by atomic mass is 9.73. The van der Waals surface area contributed by atoms with E-state index in [9.17, 15) is 9.35 Å². The molecule has 1 unspecified atom stereocenters. The minimum absolute atomic E-state index is 0.0754. The monoisotopic (exact) mass is 388 g/mol. The van der Waals surface area contributed by atoms with Gasteiger partial charge in [0.05, 0.1) is 0 Å². The van der Waals surface area contributed by atoms with Crippen molar-refractivity contribution in [2.75, 3.05) is 13.1 Å². The molecule has 1 N–H and O–H groups in total. The van der Waals surface area contributed by atoms with Crippen molar-refractivity contribution >= 4 is 17.3 Å². The Balaban J connectivity index is 2.55. The first-order chi connectivity index (χ1) is 12.5. The van der Waals surface area contributed by atoms with Crippen LogP contribution in [-0.2, 0) is 16.2 Å². The first-order valence-corrected chi connectivity index (χ1v) is 10.7. The summed E-state index contributed by atoms with van der Waals surface area (Å²) in [6, 6.07) is 9.62. The lowest BCUT2D eigenvalue weighted by Crippen LogP contribution is -2.67. The maximum Gasteiger partial charge on any atom is 0.260 e. The van der Waals surface area contributed by atoms with Gasteiger partial charge in [-0.1, -0.05) is 50.8 Å². The molecule has 0 radical (unpaired) electrons. The molecule has 148 valence electrons. The molecule has 1 heterocycles. The topological polar surface area (TPSA) is 55.4 Å². The molecule has 0 bridgehead atoms. The summed E-state index contributed by atoms with van der Waals surface area (Å²) in [5.74, 6) is 6.31. The summed E-state index contributed by atoms with van der Waals surface area (Å²) in [4.78, 5) is 15.5. The number of amides is 1. The van der Waals surface area contributed by atoms with Crippen LogP contribution in [0.15, 0.2) is 30.3 Å². The van der Waals surface area contributed by atoms with Crippen LogP contribution in [0.4, 0.5) is 0 Å². The number of carbonyl (C=O) groups is 1. The number of hydrogen-bond acceptors (Lipinski definition) is 3. The molecular weight excluding hydrogens is 356 g/mol. The number of nitrogens with zero attached hydrogens (tertiary/aromatic N) is 1. The second-order valence-corrected chi connectivity index (χ2v) is 11.1. The van der Waals surface area contributed by atoms with Crippen molar-refractivity contribution in [3.05, 3.63) is 35.9 Å². The van der Waals surface area contributed by atoms with Crippen LogP contribution in [0.25, 0.3) is 0 Å². The van der Waals surface area contributed by atoms with E-state index in [1.807, 2.05) is 76.8 Å². The van der Waals surface area contributed by atoms with Crippen LogP contribution in [0.2, 0.25) is 0 Å². The summed E-state index contributed by atoms with van der Waals surface area (Å²) in [5.41, 5.74) is -0.940. The quantitative estimate of drug-likeness (QED) is 0.637. The molecule has 0 aromatic heterocycles. The van der Waals surface area contributed by atoms with Crippen LogP contribution < -0.4 is 4.72 Å². The molecular formula is C22H32N2O2S. The maximum atomic E-state index is 13.6. The van der Waals surface area contributed by atoms with Crippen molar-refractivity contribution in [3.8, 4) is 11.8 Å². The van der Waals surface area contributed by atoms with E-state index in [-0.39, 0.29) is 5.91 Å². The second kappa shape index (κ2) is 8.26. The molecule has 0 spiro atoms. The fourth-order valence-electron chi connectivity index (χ4n) is 2.92. The van der Waals surface area contributed by atoms with Crippen molar-refractivity contribution in [1.29, 1.82) is 0 Å². The van der Waals surface area contributed by atoms with Gasteiger partial charge in [0, 0.05) is 35.4 Å². The Morgan fingerprint density at radius 3 is 2.11 bits per heavy atom. The summed E-state index contributed by atoms with van der Waals surface area (Å²) >= 11 is -1.43. The van der Waals surface area contributed by atoms with Gasteiger partial charge in [-0.25, -0.2) is 0 Å². The lowest BCUT2D eigenvalue weighted by molar-refractivity contribution is -0.137. The van der Waals surface area contributed by atoms with E-state index in [0.29, 0.717) is 0 Å². The average molecular weight is 389 g/mol. The molecule has 1 aromatic carbocycles. The van der Waals surface area contributed by atoms with Crippen LogP contribution in [0.3, 0.4) is 0 Å². The highest BCUT2D eigenvalue weighted by Gasteiger charge is 2.54. The van der Waals surface area contributed by atoms with Gasteiger partial charge in [0.15, 0.2) is 0 Å². The summed E-state index contributed by atoms with van der Waals surface area (Å²) in [7, 11) is 0. The minimum atomic E-state index is -1.43. The van der Waals surface area contributed by atoms with Gasteiger partial charge in [-0.2, -0.15) is 0 Å². The lowest BCUT2D eigenvalue weighted by Gasteiger charge is -2.42. The van der Waals surface area contributed by atoms with E-state index >= 15 is 0 Å². The predicted molar refractivity (Wildman–Crippen MR) is 112 cm³/mol. The molecule has 2 atom stereocenters. The van der Waals surface area contributed by atoms with Gasteiger partial charge in [0.2, 0.25) is 5.54 Å². The summed E-state index contributed by atoms with van der Waals surface area (Å²) in [6.45, 7) is 13.1. The minimum Gasteiger partial charge on any atom is -0.598 e. The average Bonchev–Trinajstić information content (AvgIpc) is 3.11. The van der Waals surface area contributed by atoms with Gasteiger partial charge in [0.25, 0.3) is 5.91 Å². The number of hydrogen-bond donors (Lipinski definition) is 1. The Morgan fingerprint density at radius 1 is 1.07 bits per heavy atom. The van der Waals surface area contributed by atoms with Crippen LogP contribution >= 0.6 is 0 Å². The Hall–Kier alpha value is -1.48. The number of likely N-dealkylation sites (tertiary alicyclic amines) is 1. The largest absolute Gasteiger partial charge is 0.598 e. The molecule has 1 saturated heterocycles. The Morgan fingerprint density at radius 2 is 1.63 bits per heavy atom. The first kappa shape index (κ1) is 21.8. The van der Waals surface area contributed by atoms with Crippen LogP contribution in [0, 0.1) is 17.3 Å². The van der Waals surface area contributed by atoms with Gasteiger partial charge in [-0.3, -0.25) is 4.79 Å². The van der Waals surface area contributed by atoms with Gasteiger partial charge < -0.3 is 9.45 Å². The van der Waals surface area contributed by atoms with Crippen molar-refractivity contribution in [2.24, 2.45) is 5.41 Å². The van der Waals surface area contributed by atoms with E-state index in [1.165, 1.54) is 0 Å². The molecule has 5 heteroatoms. The highest BCUT2D eigenvalue weighted by molar-refractivity contribution is 7.90. The van der Waals surface area contributed by atoms with Gasteiger partial charge in [-0.15, -0.1) is 4.72 Å². The molecule has 1 aliphatic heterocycles. The standard InChI is InChI=1S/C22H32N2O2S/c1-20(2,3)22(23-27(26)21(4,5)6,19(25)24-16-10-11-17-24)15-14-18-12-8-7-9-13-18/h7-9,12-13,23H,10-11,16-17H2,1-6H3/t22-,27?/m1/s1. The second-order valence-electron chi connectivity index (χ2n) is 9.10. The van der Waals surface area contributed by atoms with Crippen molar-refractivity contribution in [3.63, 3.8) is 0 Å². The van der Waals surface area contributed by atoms with Crippen molar-refractivity contribution in [1.82, 2.24) is 9.62 Å². The highest BCUT2D eigenvalue weighted by Crippen LogP contribution is 2.35. The molecule has 0 aliphatic carbocycles. The number of rotatable bonds is 3. The number of benzene rings is 1. The van der Waals surface area contributed by atoms with Crippen LogP contribution in [-0.4, -0.2) is 38.7 Å². The number of nitrogens with one attached hydrogen (secondary N) is 1. The fourth-order valence-corrected chi connectivity index (χ4v) is 3.95. The summed E-state index contributed by atoms with van der Waals surface area (Å²) < 4.78 is 15.7. The third-order valence-corrected chi connectivity index (χ3v) is 6.41. The van der Waals surface area contributed by atoms with Crippen molar-refractivity contribution in [2.45, 2.75) is 64.7 Å². The zero-order chi connectivity index (χ0) is 20.3. The van der Waals surface area contributed by atoms with E-state index in [4.69, 9.17) is 0 Å². The predicted octanol–water partition coefficient (Wildman–Crippen LogP) is 3.50. The Bertz CT molecular complexity index is 704. The molecule has 4 nitrogen and oxygen atoms in total. The molecule has 0 saturated carbocycles. The van der Waals surface area contributed by atoms with Crippen LogP contribution in [0.5, 0.6) is 0 Å².